The van der Waals surface area contributed by atoms with Crippen LogP contribution in [0.15, 0.2) is 88.8 Å². The highest BCUT2D eigenvalue weighted by atomic mass is 35.5. The maximum Gasteiger partial charge on any atom is 0.195 e. The fraction of sp³-hybridized carbons (Fsp3) is 0.208. The maximum atomic E-state index is 11.7. The molecule has 3 N–H and O–H groups in total. The molecule has 0 saturated heterocycles. The van der Waals surface area contributed by atoms with E-state index in [0.717, 1.165) is 41.4 Å². The van der Waals surface area contributed by atoms with Crippen LogP contribution in [0.5, 0.6) is 0 Å². The molecule has 1 aliphatic rings. The van der Waals surface area contributed by atoms with Crippen LogP contribution in [0.1, 0.15) is 22.7 Å². The van der Waals surface area contributed by atoms with Crippen LogP contribution in [0.4, 0.5) is 5.69 Å². The van der Waals surface area contributed by atoms with Crippen LogP contribution in [0.25, 0.3) is 0 Å². The lowest BCUT2D eigenvalue weighted by Gasteiger charge is -2.21. The number of guanidine groups is 1. The summed E-state index contributed by atoms with van der Waals surface area (Å²) in [4.78, 5) is 4.70. The first kappa shape index (κ1) is 23.8. The molecule has 0 aliphatic carbocycles. The van der Waals surface area contributed by atoms with E-state index in [9.17, 15) is 8.42 Å². The topological polar surface area (TPSA) is 82.6 Å². The van der Waals surface area contributed by atoms with E-state index in [1.165, 1.54) is 6.26 Å². The monoisotopic (exact) mass is 470 g/mol. The fourth-order valence-electron chi connectivity index (χ4n) is 3.53. The van der Waals surface area contributed by atoms with Crippen molar-refractivity contribution < 1.29 is 8.42 Å². The van der Waals surface area contributed by atoms with Gasteiger partial charge in [0.15, 0.2) is 15.8 Å². The molecule has 3 aromatic rings. The molecule has 0 fully saturated rings. The number of nitrogens with zero attached hydrogens (tertiary/aromatic N) is 1. The van der Waals surface area contributed by atoms with Gasteiger partial charge in [-0.3, -0.25) is 4.99 Å². The van der Waals surface area contributed by atoms with Crippen molar-refractivity contribution in [1.82, 2.24) is 10.6 Å². The molecule has 168 valence electrons. The fourth-order valence-corrected chi connectivity index (χ4v) is 4.16. The molecule has 1 unspecified atom stereocenters. The number of hydrogen-bond acceptors (Lipinski definition) is 6. The van der Waals surface area contributed by atoms with Crippen LogP contribution in [-0.4, -0.2) is 33.7 Å². The normalized spacial score (nSPS) is 14.1. The van der Waals surface area contributed by atoms with Crippen molar-refractivity contribution in [1.29, 1.82) is 0 Å². The SMILES string of the molecule is CS(=O)(=O)c1ccc(CNC(c2ccccc2)c2ccc(NC3=NCCN3)cc2)cc1.Cl. The number of rotatable bonds is 7. The van der Waals surface area contributed by atoms with Gasteiger partial charge in [0, 0.05) is 25.0 Å². The first-order chi connectivity index (χ1) is 15.0. The van der Waals surface area contributed by atoms with Crippen molar-refractivity contribution in [3.05, 3.63) is 95.6 Å². The Morgan fingerprint density at radius 1 is 0.938 bits per heavy atom. The molecule has 0 saturated carbocycles. The molecule has 0 spiro atoms. The second kappa shape index (κ2) is 10.6. The molecule has 1 heterocycles. The van der Waals surface area contributed by atoms with Crippen molar-refractivity contribution in [3.8, 4) is 0 Å². The molecule has 1 atom stereocenters. The van der Waals surface area contributed by atoms with Gasteiger partial charge in [0.2, 0.25) is 0 Å². The average molecular weight is 471 g/mol. The zero-order valence-corrected chi connectivity index (χ0v) is 19.4. The lowest BCUT2D eigenvalue weighted by Crippen LogP contribution is -2.26. The van der Waals surface area contributed by atoms with Gasteiger partial charge < -0.3 is 16.0 Å². The number of anilines is 1. The molecule has 8 heteroatoms. The molecule has 0 bridgehead atoms. The number of benzene rings is 3. The van der Waals surface area contributed by atoms with Crippen molar-refractivity contribution in [2.24, 2.45) is 4.99 Å². The van der Waals surface area contributed by atoms with Gasteiger partial charge in [-0.15, -0.1) is 12.4 Å². The summed E-state index contributed by atoms with van der Waals surface area (Å²) < 4.78 is 23.4. The van der Waals surface area contributed by atoms with Gasteiger partial charge in [-0.2, -0.15) is 0 Å². The molecule has 0 radical (unpaired) electrons. The highest BCUT2D eigenvalue weighted by molar-refractivity contribution is 7.90. The van der Waals surface area contributed by atoms with Crippen LogP contribution in [0.2, 0.25) is 0 Å². The predicted octanol–water partition coefficient (Wildman–Crippen LogP) is 3.76. The summed E-state index contributed by atoms with van der Waals surface area (Å²) in [5.74, 6) is 0.808. The molecular formula is C24H27ClN4O2S. The lowest BCUT2D eigenvalue weighted by molar-refractivity contribution is 0.600. The summed E-state index contributed by atoms with van der Waals surface area (Å²) in [6, 6.07) is 25.6. The molecule has 32 heavy (non-hydrogen) atoms. The molecule has 3 aromatic carbocycles. The molecule has 1 aliphatic heterocycles. The van der Waals surface area contributed by atoms with Crippen LogP contribution in [0, 0.1) is 0 Å². The van der Waals surface area contributed by atoms with Crippen molar-refractivity contribution >= 4 is 33.9 Å². The number of nitrogens with one attached hydrogen (secondary N) is 3. The third kappa shape index (κ3) is 6.09. The molecule has 0 amide bonds. The smallest absolute Gasteiger partial charge is 0.195 e. The van der Waals surface area contributed by atoms with Gasteiger partial charge >= 0.3 is 0 Å². The molecule has 4 rings (SSSR count). The minimum absolute atomic E-state index is 0. The second-order valence-electron chi connectivity index (χ2n) is 7.54. The Morgan fingerprint density at radius 2 is 1.59 bits per heavy atom. The van der Waals surface area contributed by atoms with Gasteiger partial charge in [0.1, 0.15) is 0 Å². The Bertz CT molecular complexity index is 1150. The van der Waals surface area contributed by atoms with Crippen molar-refractivity contribution in [2.75, 3.05) is 24.7 Å². The van der Waals surface area contributed by atoms with Crippen molar-refractivity contribution in [3.63, 3.8) is 0 Å². The van der Waals surface area contributed by atoms with E-state index in [2.05, 4.69) is 57.3 Å². The predicted molar refractivity (Wildman–Crippen MR) is 132 cm³/mol. The Hall–Kier alpha value is -2.87. The number of sulfone groups is 1. The van der Waals surface area contributed by atoms with E-state index in [-0.39, 0.29) is 18.4 Å². The Kier molecular flexibility index (Phi) is 7.90. The summed E-state index contributed by atoms with van der Waals surface area (Å²) in [5, 5.41) is 10.1. The molecular weight excluding hydrogens is 444 g/mol. The first-order valence-electron chi connectivity index (χ1n) is 10.2. The Morgan fingerprint density at radius 3 is 2.19 bits per heavy atom. The highest BCUT2D eigenvalue weighted by Gasteiger charge is 2.14. The molecule has 6 nitrogen and oxygen atoms in total. The van der Waals surface area contributed by atoms with Crippen LogP contribution in [0.3, 0.4) is 0 Å². The zero-order valence-electron chi connectivity index (χ0n) is 17.8. The third-order valence-corrected chi connectivity index (χ3v) is 6.30. The minimum atomic E-state index is -3.19. The number of halogens is 1. The Labute approximate surface area is 195 Å². The standard InChI is InChI=1S/C24H26N4O2S.ClH/c1-31(29,30)22-13-7-18(8-14-22)17-27-23(19-5-3-2-4-6-19)20-9-11-21(12-10-20)28-24-25-15-16-26-24;/h2-14,23,27H,15-17H2,1H3,(H2,25,26,28);1H. The van der Waals surface area contributed by atoms with E-state index < -0.39 is 9.84 Å². The van der Waals surface area contributed by atoms with Crippen LogP contribution < -0.4 is 16.0 Å². The van der Waals surface area contributed by atoms with Gasteiger partial charge in [-0.25, -0.2) is 8.42 Å². The number of aliphatic imine (C=N–C) groups is 1. The van der Waals surface area contributed by atoms with Crippen molar-refractivity contribution in [2.45, 2.75) is 17.5 Å². The van der Waals surface area contributed by atoms with Crippen LogP contribution >= 0.6 is 12.4 Å². The summed E-state index contributed by atoms with van der Waals surface area (Å²) in [6.07, 6.45) is 1.22. The summed E-state index contributed by atoms with van der Waals surface area (Å²) in [5.41, 5.74) is 4.32. The zero-order chi connectivity index (χ0) is 21.7. The van der Waals surface area contributed by atoms with Crippen LogP contribution in [-0.2, 0) is 16.4 Å². The summed E-state index contributed by atoms with van der Waals surface area (Å²) >= 11 is 0. The third-order valence-electron chi connectivity index (χ3n) is 5.18. The Balaban J connectivity index is 0.00000289. The minimum Gasteiger partial charge on any atom is -0.354 e. The number of hydrogen-bond donors (Lipinski definition) is 3. The van der Waals surface area contributed by atoms with Gasteiger partial charge in [0.25, 0.3) is 0 Å². The van der Waals surface area contributed by atoms with Gasteiger partial charge in [0.05, 0.1) is 17.5 Å². The van der Waals surface area contributed by atoms with E-state index in [1.54, 1.807) is 12.1 Å². The maximum absolute atomic E-state index is 11.7. The highest BCUT2D eigenvalue weighted by Crippen LogP contribution is 2.24. The van der Waals surface area contributed by atoms with E-state index in [4.69, 9.17) is 0 Å². The van der Waals surface area contributed by atoms with Gasteiger partial charge in [-0.05, 0) is 41.0 Å². The average Bonchev–Trinajstić information content (AvgIpc) is 3.28. The quantitative estimate of drug-likeness (QED) is 0.489. The largest absolute Gasteiger partial charge is 0.354 e. The van der Waals surface area contributed by atoms with Gasteiger partial charge in [-0.1, -0.05) is 54.6 Å². The summed E-state index contributed by atoms with van der Waals surface area (Å²) in [7, 11) is -3.19. The van der Waals surface area contributed by atoms with E-state index in [1.807, 2.05) is 30.3 Å². The summed E-state index contributed by atoms with van der Waals surface area (Å²) in [6.45, 7) is 2.28. The second-order valence-corrected chi connectivity index (χ2v) is 9.56. The first-order valence-corrected chi connectivity index (χ1v) is 12.1. The van der Waals surface area contributed by atoms with E-state index in [0.29, 0.717) is 11.4 Å². The lowest BCUT2D eigenvalue weighted by atomic mass is 9.98. The molecule has 0 aromatic heterocycles. The van der Waals surface area contributed by atoms with E-state index >= 15 is 0 Å².